The van der Waals surface area contributed by atoms with Gasteiger partial charge in [-0.1, -0.05) is 43.7 Å². The molecule has 0 fully saturated rings. The predicted octanol–water partition coefficient (Wildman–Crippen LogP) is 4.05. The zero-order chi connectivity index (χ0) is 17.4. The predicted molar refractivity (Wildman–Crippen MR) is 103 cm³/mol. The summed E-state index contributed by atoms with van der Waals surface area (Å²) in [5.41, 5.74) is 2.43. The number of nitrogens with zero attached hydrogens (tertiary/aromatic N) is 1. The number of unbranched alkanes of at least 4 members (excludes halogenated alkanes) is 1. The van der Waals surface area contributed by atoms with Gasteiger partial charge in [-0.05, 0) is 49.5 Å². The van der Waals surface area contributed by atoms with E-state index in [1.807, 2.05) is 14.1 Å². The smallest absolute Gasteiger partial charge is 0.224 e. The molecule has 0 bridgehead atoms. The quantitative estimate of drug-likeness (QED) is 0.744. The van der Waals surface area contributed by atoms with E-state index in [1.54, 1.807) is 11.3 Å². The summed E-state index contributed by atoms with van der Waals surface area (Å²) in [5.74, 6) is 0.0831. The highest BCUT2D eigenvalue weighted by Crippen LogP contribution is 2.22. The van der Waals surface area contributed by atoms with Crippen molar-refractivity contribution in [1.29, 1.82) is 0 Å². The molecule has 0 aliphatic heterocycles. The minimum absolute atomic E-state index is 0.0831. The first-order valence-corrected chi connectivity index (χ1v) is 9.52. The third-order valence-electron chi connectivity index (χ3n) is 4.19. The molecular weight excluding hydrogens is 316 g/mol. The van der Waals surface area contributed by atoms with E-state index in [1.165, 1.54) is 23.3 Å². The van der Waals surface area contributed by atoms with Gasteiger partial charge in [0.15, 0.2) is 0 Å². The summed E-state index contributed by atoms with van der Waals surface area (Å²) >= 11 is 1.73. The maximum atomic E-state index is 12.2. The molecule has 1 atom stereocenters. The monoisotopic (exact) mass is 344 g/mol. The molecule has 4 heteroatoms. The van der Waals surface area contributed by atoms with Gasteiger partial charge in [-0.3, -0.25) is 4.79 Å². The second kappa shape index (κ2) is 9.60. The number of hydrogen-bond acceptors (Lipinski definition) is 3. The van der Waals surface area contributed by atoms with Crippen LogP contribution in [0, 0.1) is 0 Å². The van der Waals surface area contributed by atoms with Crippen molar-refractivity contribution in [2.45, 2.75) is 38.6 Å². The minimum atomic E-state index is 0.0831. The summed E-state index contributed by atoms with van der Waals surface area (Å²) in [6.45, 7) is 2.84. The van der Waals surface area contributed by atoms with Crippen molar-refractivity contribution in [3.63, 3.8) is 0 Å². The number of nitrogens with one attached hydrogen (secondary N) is 1. The highest BCUT2D eigenvalue weighted by atomic mass is 32.1. The van der Waals surface area contributed by atoms with Crippen molar-refractivity contribution in [3.05, 3.63) is 57.8 Å². The van der Waals surface area contributed by atoms with E-state index in [2.05, 4.69) is 58.9 Å². The van der Waals surface area contributed by atoms with Crippen LogP contribution in [-0.2, 0) is 17.6 Å². The standard InChI is InChI=1S/C20H28N2OS/c1-4-5-7-16-9-11-17(12-10-16)14-20(23)21-15-18(22(2)3)19-8-6-13-24-19/h6,8-13,18H,4-5,7,14-15H2,1-3H3,(H,21,23). The summed E-state index contributed by atoms with van der Waals surface area (Å²) in [4.78, 5) is 15.7. The van der Waals surface area contributed by atoms with Crippen molar-refractivity contribution in [1.82, 2.24) is 10.2 Å². The lowest BCUT2D eigenvalue weighted by Gasteiger charge is -2.23. The lowest BCUT2D eigenvalue weighted by Crippen LogP contribution is -2.34. The van der Waals surface area contributed by atoms with Crippen LogP contribution in [0.2, 0.25) is 0 Å². The van der Waals surface area contributed by atoms with E-state index in [-0.39, 0.29) is 11.9 Å². The fraction of sp³-hybridized carbons (Fsp3) is 0.450. The average molecular weight is 345 g/mol. The summed E-state index contributed by atoms with van der Waals surface area (Å²) in [5, 5.41) is 5.15. The van der Waals surface area contributed by atoms with Crippen LogP contribution in [0.4, 0.5) is 0 Å². The van der Waals surface area contributed by atoms with E-state index in [0.717, 1.165) is 12.0 Å². The minimum Gasteiger partial charge on any atom is -0.354 e. The third-order valence-corrected chi connectivity index (χ3v) is 5.17. The second-order valence-corrected chi connectivity index (χ2v) is 7.38. The largest absolute Gasteiger partial charge is 0.354 e. The van der Waals surface area contributed by atoms with Crippen molar-refractivity contribution >= 4 is 17.2 Å². The Balaban J connectivity index is 1.84. The molecule has 1 aromatic heterocycles. The second-order valence-electron chi connectivity index (χ2n) is 6.40. The number of likely N-dealkylation sites (N-methyl/N-ethyl adjacent to an activating group) is 1. The Morgan fingerprint density at radius 3 is 2.46 bits per heavy atom. The molecule has 24 heavy (non-hydrogen) atoms. The van der Waals surface area contributed by atoms with Crippen molar-refractivity contribution < 1.29 is 4.79 Å². The van der Waals surface area contributed by atoms with Gasteiger partial charge in [0.25, 0.3) is 0 Å². The Bertz CT molecular complexity index is 605. The Hall–Kier alpha value is -1.65. The molecule has 1 unspecified atom stereocenters. The fourth-order valence-corrected chi connectivity index (χ4v) is 3.60. The summed E-state index contributed by atoms with van der Waals surface area (Å²) in [6.07, 6.45) is 3.99. The van der Waals surface area contributed by atoms with Gasteiger partial charge >= 0.3 is 0 Å². The SMILES string of the molecule is CCCCc1ccc(CC(=O)NCC(c2cccs2)N(C)C)cc1. The Labute approximate surface area is 149 Å². The Morgan fingerprint density at radius 2 is 1.88 bits per heavy atom. The molecule has 0 radical (unpaired) electrons. The van der Waals surface area contributed by atoms with Crippen LogP contribution in [-0.4, -0.2) is 31.4 Å². The van der Waals surface area contributed by atoms with Crippen LogP contribution >= 0.6 is 11.3 Å². The van der Waals surface area contributed by atoms with E-state index in [9.17, 15) is 4.79 Å². The van der Waals surface area contributed by atoms with Crippen molar-refractivity contribution in [3.8, 4) is 0 Å². The maximum Gasteiger partial charge on any atom is 0.224 e. The molecule has 0 spiro atoms. The van der Waals surface area contributed by atoms with Crippen LogP contribution in [0.25, 0.3) is 0 Å². The van der Waals surface area contributed by atoms with E-state index < -0.39 is 0 Å². The lowest BCUT2D eigenvalue weighted by molar-refractivity contribution is -0.120. The summed E-state index contributed by atoms with van der Waals surface area (Å²) in [6, 6.07) is 12.8. The first-order valence-electron chi connectivity index (χ1n) is 8.64. The molecule has 1 heterocycles. The zero-order valence-electron chi connectivity index (χ0n) is 14.9. The number of carbonyl (C=O) groups excluding carboxylic acids is 1. The van der Waals surface area contributed by atoms with Crippen molar-refractivity contribution in [2.75, 3.05) is 20.6 Å². The maximum absolute atomic E-state index is 12.2. The number of amides is 1. The normalized spacial score (nSPS) is 12.3. The lowest BCUT2D eigenvalue weighted by atomic mass is 10.0. The molecule has 1 N–H and O–H groups in total. The van der Waals surface area contributed by atoms with Gasteiger partial charge in [0, 0.05) is 11.4 Å². The molecule has 0 saturated carbocycles. The molecule has 2 aromatic rings. The zero-order valence-corrected chi connectivity index (χ0v) is 15.7. The highest BCUT2D eigenvalue weighted by Gasteiger charge is 2.16. The molecule has 0 aliphatic carbocycles. The third kappa shape index (κ3) is 5.77. The van der Waals surface area contributed by atoms with E-state index in [0.29, 0.717) is 13.0 Å². The summed E-state index contributed by atoms with van der Waals surface area (Å²) in [7, 11) is 4.09. The van der Waals surface area contributed by atoms with E-state index >= 15 is 0 Å². The highest BCUT2D eigenvalue weighted by molar-refractivity contribution is 7.10. The van der Waals surface area contributed by atoms with Gasteiger partial charge in [0.2, 0.25) is 5.91 Å². The summed E-state index contributed by atoms with van der Waals surface area (Å²) < 4.78 is 0. The first kappa shape index (κ1) is 18.7. The van der Waals surface area contributed by atoms with Crippen LogP contribution in [0.3, 0.4) is 0 Å². The van der Waals surface area contributed by atoms with Gasteiger partial charge in [-0.15, -0.1) is 11.3 Å². The molecule has 0 aliphatic rings. The molecule has 1 aromatic carbocycles. The average Bonchev–Trinajstić information content (AvgIpc) is 3.08. The molecule has 0 saturated heterocycles. The molecule has 130 valence electrons. The number of carbonyl (C=O) groups is 1. The molecule has 1 amide bonds. The van der Waals surface area contributed by atoms with Gasteiger partial charge < -0.3 is 10.2 Å². The molecule has 3 nitrogen and oxygen atoms in total. The number of benzene rings is 1. The molecular formula is C20H28N2OS. The van der Waals surface area contributed by atoms with Crippen LogP contribution in [0.15, 0.2) is 41.8 Å². The van der Waals surface area contributed by atoms with Gasteiger partial charge in [0.1, 0.15) is 0 Å². The van der Waals surface area contributed by atoms with Gasteiger partial charge in [-0.25, -0.2) is 0 Å². The molecule has 2 rings (SSSR count). The number of hydrogen-bond donors (Lipinski definition) is 1. The fourth-order valence-electron chi connectivity index (χ4n) is 2.68. The van der Waals surface area contributed by atoms with Gasteiger partial charge in [-0.2, -0.15) is 0 Å². The van der Waals surface area contributed by atoms with E-state index in [4.69, 9.17) is 0 Å². The van der Waals surface area contributed by atoms with Crippen LogP contribution in [0.1, 0.15) is 41.8 Å². The number of thiophene rings is 1. The topological polar surface area (TPSA) is 32.3 Å². The number of aryl methyl sites for hydroxylation is 1. The Morgan fingerprint density at radius 1 is 1.17 bits per heavy atom. The Kier molecular flexibility index (Phi) is 7.47. The van der Waals surface area contributed by atoms with Crippen molar-refractivity contribution in [2.24, 2.45) is 0 Å². The number of rotatable bonds is 9. The van der Waals surface area contributed by atoms with Crippen LogP contribution < -0.4 is 5.32 Å². The van der Waals surface area contributed by atoms with Gasteiger partial charge in [0.05, 0.1) is 12.5 Å². The van der Waals surface area contributed by atoms with Crippen LogP contribution in [0.5, 0.6) is 0 Å². The first-order chi connectivity index (χ1) is 11.6.